The molecule has 2 bridgehead atoms. The molecule has 0 spiro atoms. The predicted molar refractivity (Wildman–Crippen MR) is 124 cm³/mol. The molecule has 2 aliphatic heterocycles. The largest absolute Gasteiger partial charge is 0.394 e. The SMILES string of the molecule is C[S@](=O)c1cnc(N2C3CCC2CC(c2ccc(Cl)cc2)C3)nc1NC1(CO)CCC1. The van der Waals surface area contributed by atoms with Crippen LogP contribution in [0.3, 0.4) is 0 Å². The van der Waals surface area contributed by atoms with Gasteiger partial charge in [0.2, 0.25) is 5.95 Å². The first kappa shape index (κ1) is 21.2. The summed E-state index contributed by atoms with van der Waals surface area (Å²) < 4.78 is 12.3. The molecule has 8 heteroatoms. The van der Waals surface area contributed by atoms with Crippen LogP contribution in [0.15, 0.2) is 35.4 Å². The summed E-state index contributed by atoms with van der Waals surface area (Å²) in [7, 11) is -1.20. The molecule has 3 aliphatic rings. The Balaban J connectivity index is 1.41. The highest BCUT2D eigenvalue weighted by Crippen LogP contribution is 2.45. The van der Waals surface area contributed by atoms with Gasteiger partial charge in [-0.3, -0.25) is 4.21 Å². The van der Waals surface area contributed by atoms with Crippen LogP contribution in [0.4, 0.5) is 11.8 Å². The van der Waals surface area contributed by atoms with Crippen molar-refractivity contribution in [3.8, 4) is 0 Å². The van der Waals surface area contributed by atoms with E-state index in [9.17, 15) is 9.32 Å². The van der Waals surface area contributed by atoms with Gasteiger partial charge in [-0.05, 0) is 68.6 Å². The number of halogens is 1. The van der Waals surface area contributed by atoms with Crippen LogP contribution in [0.25, 0.3) is 0 Å². The highest BCUT2D eigenvalue weighted by molar-refractivity contribution is 7.84. The molecule has 1 aromatic carbocycles. The molecule has 3 heterocycles. The highest BCUT2D eigenvalue weighted by atomic mass is 35.5. The van der Waals surface area contributed by atoms with Gasteiger partial charge < -0.3 is 15.3 Å². The summed E-state index contributed by atoms with van der Waals surface area (Å²) in [6.45, 7) is 0.0554. The molecule has 6 nitrogen and oxygen atoms in total. The van der Waals surface area contributed by atoms with E-state index in [1.807, 2.05) is 12.1 Å². The van der Waals surface area contributed by atoms with Crippen molar-refractivity contribution >= 4 is 34.2 Å². The summed E-state index contributed by atoms with van der Waals surface area (Å²) in [5.41, 5.74) is 1.01. The second kappa shape index (κ2) is 8.34. The number of hydrogen-bond acceptors (Lipinski definition) is 6. The maximum Gasteiger partial charge on any atom is 0.227 e. The Morgan fingerprint density at radius 3 is 2.45 bits per heavy atom. The highest BCUT2D eigenvalue weighted by Gasteiger charge is 2.43. The summed E-state index contributed by atoms with van der Waals surface area (Å²) in [6, 6.07) is 9.07. The van der Waals surface area contributed by atoms with Gasteiger partial charge in [0.1, 0.15) is 5.82 Å². The van der Waals surface area contributed by atoms with E-state index in [4.69, 9.17) is 16.6 Å². The van der Waals surface area contributed by atoms with Crippen LogP contribution in [-0.4, -0.2) is 49.8 Å². The number of hydrogen-bond donors (Lipinski definition) is 2. The van der Waals surface area contributed by atoms with E-state index in [1.165, 1.54) is 5.56 Å². The molecule has 2 unspecified atom stereocenters. The number of fused-ring (bicyclic) bond motifs is 2. The molecule has 1 aromatic heterocycles. The van der Waals surface area contributed by atoms with Crippen molar-refractivity contribution in [2.24, 2.45) is 0 Å². The molecule has 5 rings (SSSR count). The lowest BCUT2D eigenvalue weighted by Crippen LogP contribution is -2.49. The molecular weight excluding hydrogens is 432 g/mol. The maximum atomic E-state index is 12.3. The minimum atomic E-state index is -1.20. The number of nitrogens with one attached hydrogen (secondary N) is 1. The molecule has 166 valence electrons. The first-order valence-corrected chi connectivity index (χ1v) is 13.0. The Morgan fingerprint density at radius 2 is 1.90 bits per heavy atom. The number of nitrogens with zero attached hydrogens (tertiary/aromatic N) is 3. The molecular formula is C23H29ClN4O2S. The van der Waals surface area contributed by atoms with Crippen molar-refractivity contribution in [2.75, 3.05) is 23.1 Å². The van der Waals surface area contributed by atoms with Crippen LogP contribution in [0.5, 0.6) is 0 Å². The quantitative estimate of drug-likeness (QED) is 0.675. The van der Waals surface area contributed by atoms with Crippen LogP contribution < -0.4 is 10.2 Å². The van der Waals surface area contributed by atoms with Gasteiger partial charge in [-0.2, -0.15) is 4.98 Å². The molecule has 2 N–H and O–H groups in total. The second-order valence-corrected chi connectivity index (χ2v) is 11.1. The van der Waals surface area contributed by atoms with Crippen LogP contribution in [-0.2, 0) is 10.8 Å². The van der Waals surface area contributed by atoms with E-state index in [0.29, 0.717) is 34.7 Å². The molecule has 3 atom stereocenters. The number of piperidine rings is 1. The Morgan fingerprint density at radius 1 is 1.23 bits per heavy atom. The molecule has 1 saturated carbocycles. The van der Waals surface area contributed by atoms with Crippen molar-refractivity contribution in [2.45, 2.75) is 73.4 Å². The smallest absolute Gasteiger partial charge is 0.227 e. The van der Waals surface area contributed by atoms with Crippen molar-refractivity contribution in [3.63, 3.8) is 0 Å². The first-order chi connectivity index (χ1) is 15.0. The standard InChI is InChI=1S/C23H29ClN4O2S/c1-31(30)20-13-25-22(26-21(20)27-23(14-29)9-2-10-23)28-18-7-8-19(28)12-16(11-18)15-3-5-17(24)6-4-15/h3-6,13,16,18-19,29H,2,7-12,14H2,1H3,(H,25,26,27)/t16?,18?,19?,31-/m0/s1. The van der Waals surface area contributed by atoms with Gasteiger partial charge in [0, 0.05) is 23.4 Å². The van der Waals surface area contributed by atoms with E-state index >= 15 is 0 Å². The molecule has 2 aromatic rings. The van der Waals surface area contributed by atoms with Gasteiger partial charge in [-0.1, -0.05) is 23.7 Å². The third-order valence-electron chi connectivity index (χ3n) is 7.35. The zero-order chi connectivity index (χ0) is 21.6. The topological polar surface area (TPSA) is 78.4 Å². The Hall–Kier alpha value is -1.70. The van der Waals surface area contributed by atoms with Gasteiger partial charge in [0.25, 0.3) is 0 Å². The minimum Gasteiger partial charge on any atom is -0.394 e. The third-order valence-corrected chi connectivity index (χ3v) is 8.52. The Labute approximate surface area is 190 Å². The lowest BCUT2D eigenvalue weighted by molar-refractivity contribution is 0.143. The van der Waals surface area contributed by atoms with Gasteiger partial charge >= 0.3 is 0 Å². The third kappa shape index (κ3) is 3.96. The number of aliphatic hydroxyl groups is 1. The second-order valence-electron chi connectivity index (χ2n) is 9.27. The number of rotatable bonds is 6. The van der Waals surface area contributed by atoms with E-state index in [-0.39, 0.29) is 12.1 Å². The van der Waals surface area contributed by atoms with E-state index in [2.05, 4.69) is 27.3 Å². The number of aromatic nitrogens is 2. The number of anilines is 2. The van der Waals surface area contributed by atoms with Crippen LogP contribution in [0.1, 0.15) is 56.4 Å². The average molecular weight is 461 g/mol. The minimum absolute atomic E-state index is 0.0554. The molecule has 0 radical (unpaired) electrons. The molecule has 0 amide bonds. The first-order valence-electron chi connectivity index (χ1n) is 11.1. The van der Waals surface area contributed by atoms with Crippen LogP contribution in [0.2, 0.25) is 5.02 Å². The fourth-order valence-electron chi connectivity index (χ4n) is 5.47. The van der Waals surface area contributed by atoms with E-state index in [0.717, 1.165) is 50.0 Å². The van der Waals surface area contributed by atoms with Crippen LogP contribution in [0, 0.1) is 0 Å². The van der Waals surface area contributed by atoms with Gasteiger partial charge in [0.05, 0.1) is 34.0 Å². The summed E-state index contributed by atoms with van der Waals surface area (Å²) >= 11 is 6.08. The van der Waals surface area contributed by atoms with Gasteiger partial charge in [-0.15, -0.1) is 0 Å². The summed E-state index contributed by atoms with van der Waals surface area (Å²) in [4.78, 5) is 12.5. The zero-order valence-corrected chi connectivity index (χ0v) is 19.3. The van der Waals surface area contributed by atoms with Crippen molar-refractivity contribution in [1.29, 1.82) is 0 Å². The molecule has 2 saturated heterocycles. The molecule has 1 aliphatic carbocycles. The van der Waals surface area contributed by atoms with Crippen LogP contribution >= 0.6 is 11.6 Å². The van der Waals surface area contributed by atoms with E-state index in [1.54, 1.807) is 12.5 Å². The fourth-order valence-corrected chi connectivity index (χ4v) is 6.17. The Kier molecular flexibility index (Phi) is 5.69. The monoisotopic (exact) mass is 460 g/mol. The lowest BCUT2D eigenvalue weighted by atomic mass is 9.77. The lowest BCUT2D eigenvalue weighted by Gasteiger charge is -2.42. The van der Waals surface area contributed by atoms with Crippen molar-refractivity contribution in [3.05, 3.63) is 41.0 Å². The predicted octanol–water partition coefficient (Wildman–Crippen LogP) is 4.11. The number of benzene rings is 1. The summed E-state index contributed by atoms with van der Waals surface area (Å²) in [5.74, 6) is 1.85. The van der Waals surface area contributed by atoms with Gasteiger partial charge in [0.15, 0.2) is 0 Å². The summed E-state index contributed by atoms with van der Waals surface area (Å²) in [6.07, 6.45) is 10.7. The molecule has 31 heavy (non-hydrogen) atoms. The maximum absolute atomic E-state index is 12.3. The zero-order valence-electron chi connectivity index (χ0n) is 17.8. The van der Waals surface area contributed by atoms with Gasteiger partial charge in [-0.25, -0.2) is 4.98 Å². The normalized spacial score (nSPS) is 27.6. The Bertz CT molecular complexity index is 963. The fraction of sp³-hybridized carbons (Fsp3) is 0.565. The summed E-state index contributed by atoms with van der Waals surface area (Å²) in [5, 5.41) is 14.1. The van der Waals surface area contributed by atoms with E-state index < -0.39 is 10.8 Å². The number of aliphatic hydroxyl groups excluding tert-OH is 1. The molecule has 3 fully saturated rings. The van der Waals surface area contributed by atoms with Crippen molar-refractivity contribution in [1.82, 2.24) is 9.97 Å². The average Bonchev–Trinajstić information content (AvgIpc) is 3.00. The van der Waals surface area contributed by atoms with Crippen molar-refractivity contribution < 1.29 is 9.32 Å².